The molecule has 0 heterocycles. The number of nitrogens with two attached hydrogens (primary N) is 1. The van der Waals surface area contributed by atoms with E-state index < -0.39 is 0 Å². The Morgan fingerprint density at radius 2 is 2.22 bits per heavy atom. The van der Waals surface area contributed by atoms with Gasteiger partial charge in [0.25, 0.3) is 5.91 Å². The molecule has 0 aliphatic heterocycles. The molecule has 0 spiro atoms. The predicted octanol–water partition coefficient (Wildman–Crippen LogP) is 1.10. The molecular weight excluding hydrogens is 230 g/mol. The van der Waals surface area contributed by atoms with Gasteiger partial charge in [0, 0.05) is 32.9 Å². The number of nitrogens with zero attached hydrogens (tertiary/aromatic N) is 1. The van der Waals surface area contributed by atoms with Gasteiger partial charge in [-0.15, -0.1) is 0 Å². The van der Waals surface area contributed by atoms with Crippen molar-refractivity contribution in [3.63, 3.8) is 0 Å². The maximum Gasteiger partial charge on any atom is 0.253 e. The van der Waals surface area contributed by atoms with Gasteiger partial charge in [-0.25, -0.2) is 0 Å². The number of amides is 1. The Bertz CT molecular complexity index is 407. The van der Waals surface area contributed by atoms with E-state index in [0.29, 0.717) is 17.9 Å². The van der Waals surface area contributed by atoms with E-state index in [9.17, 15) is 4.79 Å². The van der Waals surface area contributed by atoms with E-state index in [-0.39, 0.29) is 5.91 Å². The topological polar surface area (TPSA) is 67.6 Å². The monoisotopic (exact) mass is 251 g/mol. The number of nitrogen functional groups attached to an aromatic ring is 1. The van der Waals surface area contributed by atoms with Crippen LogP contribution in [0.15, 0.2) is 18.2 Å². The number of rotatable bonds is 6. The third kappa shape index (κ3) is 3.37. The molecule has 0 aromatic heterocycles. The molecule has 0 unspecified atom stereocenters. The van der Waals surface area contributed by atoms with Gasteiger partial charge in [0.1, 0.15) is 0 Å². The highest BCUT2D eigenvalue weighted by Crippen LogP contribution is 2.23. The molecule has 0 fully saturated rings. The molecule has 0 bridgehead atoms. The molecule has 5 heteroatoms. The number of benzene rings is 1. The zero-order valence-electron chi connectivity index (χ0n) is 11.2. The summed E-state index contributed by atoms with van der Waals surface area (Å²) >= 11 is 0. The van der Waals surface area contributed by atoms with Gasteiger partial charge in [0.15, 0.2) is 0 Å². The molecule has 3 N–H and O–H groups in total. The van der Waals surface area contributed by atoms with Crippen LogP contribution in [0.1, 0.15) is 17.3 Å². The highest BCUT2D eigenvalue weighted by molar-refractivity contribution is 6.00. The molecular formula is C13H21N3O2. The zero-order valence-corrected chi connectivity index (χ0v) is 11.2. The quantitative estimate of drug-likeness (QED) is 0.743. The van der Waals surface area contributed by atoms with Crippen LogP contribution in [0, 0.1) is 0 Å². The normalized spacial score (nSPS) is 10.2. The molecule has 5 nitrogen and oxygen atoms in total. The summed E-state index contributed by atoms with van der Waals surface area (Å²) in [4.78, 5) is 13.9. The third-order valence-corrected chi connectivity index (χ3v) is 2.78. The minimum atomic E-state index is -0.110. The van der Waals surface area contributed by atoms with Crippen LogP contribution in [0.3, 0.4) is 0 Å². The van der Waals surface area contributed by atoms with Crippen LogP contribution in [0.2, 0.25) is 0 Å². The Labute approximate surface area is 108 Å². The van der Waals surface area contributed by atoms with Gasteiger partial charge in [-0.1, -0.05) is 0 Å². The average Bonchev–Trinajstić information content (AvgIpc) is 2.39. The first-order valence-electron chi connectivity index (χ1n) is 5.99. The molecule has 0 saturated heterocycles. The van der Waals surface area contributed by atoms with Crippen LogP contribution in [0.4, 0.5) is 11.4 Å². The number of carbonyl (C=O) groups excluding carboxylic acids is 1. The molecule has 0 radical (unpaired) electrons. The zero-order chi connectivity index (χ0) is 13.5. The first-order valence-corrected chi connectivity index (χ1v) is 5.99. The van der Waals surface area contributed by atoms with Gasteiger partial charge < -0.3 is 20.7 Å². The fourth-order valence-corrected chi connectivity index (χ4v) is 1.79. The summed E-state index contributed by atoms with van der Waals surface area (Å²) in [5, 5.41) is 2.64. The summed E-state index contributed by atoms with van der Waals surface area (Å²) in [5.74, 6) is -0.110. The van der Waals surface area contributed by atoms with Crippen molar-refractivity contribution in [3.05, 3.63) is 23.8 Å². The predicted molar refractivity (Wildman–Crippen MR) is 74.0 cm³/mol. The second-order valence-corrected chi connectivity index (χ2v) is 3.93. The molecule has 100 valence electrons. The average molecular weight is 251 g/mol. The number of ether oxygens (including phenoxy) is 1. The largest absolute Gasteiger partial charge is 0.399 e. The molecule has 0 saturated carbocycles. The minimum Gasteiger partial charge on any atom is -0.399 e. The van der Waals surface area contributed by atoms with Crippen LogP contribution in [-0.2, 0) is 4.74 Å². The maximum atomic E-state index is 11.8. The molecule has 1 aromatic carbocycles. The van der Waals surface area contributed by atoms with E-state index in [1.165, 1.54) is 0 Å². The maximum absolute atomic E-state index is 11.8. The Kier molecular flexibility index (Phi) is 5.45. The van der Waals surface area contributed by atoms with Crippen LogP contribution < -0.4 is 16.0 Å². The summed E-state index contributed by atoms with van der Waals surface area (Å²) in [6, 6.07) is 5.31. The lowest BCUT2D eigenvalue weighted by Crippen LogP contribution is -2.30. The number of hydrogen-bond acceptors (Lipinski definition) is 4. The SMILES string of the molecule is CCN(CCOC)c1cc(N)ccc1C(=O)NC. The van der Waals surface area contributed by atoms with Crippen molar-refractivity contribution in [2.75, 3.05) is 44.5 Å². The van der Waals surface area contributed by atoms with Crippen molar-refractivity contribution in [3.8, 4) is 0 Å². The summed E-state index contributed by atoms with van der Waals surface area (Å²) in [6.07, 6.45) is 0. The number of nitrogens with one attached hydrogen (secondary N) is 1. The van der Waals surface area contributed by atoms with Crippen LogP contribution >= 0.6 is 0 Å². The fraction of sp³-hybridized carbons (Fsp3) is 0.462. The summed E-state index contributed by atoms with van der Waals surface area (Å²) in [5.41, 5.74) is 7.92. The highest BCUT2D eigenvalue weighted by Gasteiger charge is 2.15. The highest BCUT2D eigenvalue weighted by atomic mass is 16.5. The Hall–Kier alpha value is -1.75. The van der Waals surface area contributed by atoms with E-state index in [0.717, 1.165) is 18.8 Å². The van der Waals surface area contributed by atoms with Gasteiger partial charge >= 0.3 is 0 Å². The number of methoxy groups -OCH3 is 1. The van der Waals surface area contributed by atoms with E-state index in [2.05, 4.69) is 10.2 Å². The summed E-state index contributed by atoms with van der Waals surface area (Å²) in [6.45, 7) is 4.15. The van der Waals surface area contributed by atoms with Crippen LogP contribution in [0.5, 0.6) is 0 Å². The third-order valence-electron chi connectivity index (χ3n) is 2.78. The molecule has 1 aromatic rings. The first-order chi connectivity index (χ1) is 8.63. The number of carbonyl (C=O) groups is 1. The number of anilines is 2. The van der Waals surface area contributed by atoms with E-state index >= 15 is 0 Å². The Morgan fingerprint density at radius 3 is 2.78 bits per heavy atom. The van der Waals surface area contributed by atoms with E-state index in [1.54, 1.807) is 26.3 Å². The summed E-state index contributed by atoms with van der Waals surface area (Å²) < 4.78 is 5.08. The Balaban J connectivity index is 3.09. The molecule has 1 rings (SSSR count). The van der Waals surface area contributed by atoms with E-state index in [4.69, 9.17) is 10.5 Å². The first kappa shape index (κ1) is 14.3. The molecule has 0 aliphatic carbocycles. The second-order valence-electron chi connectivity index (χ2n) is 3.93. The molecule has 0 aliphatic rings. The lowest BCUT2D eigenvalue weighted by molar-refractivity contribution is 0.0963. The molecule has 0 atom stereocenters. The smallest absolute Gasteiger partial charge is 0.253 e. The van der Waals surface area contributed by atoms with Crippen molar-refractivity contribution in [1.82, 2.24) is 5.32 Å². The van der Waals surface area contributed by atoms with Gasteiger partial charge in [0.2, 0.25) is 0 Å². The van der Waals surface area contributed by atoms with Crippen molar-refractivity contribution in [2.24, 2.45) is 0 Å². The van der Waals surface area contributed by atoms with Crippen molar-refractivity contribution in [1.29, 1.82) is 0 Å². The van der Waals surface area contributed by atoms with E-state index in [1.807, 2.05) is 13.0 Å². The number of hydrogen-bond donors (Lipinski definition) is 2. The lowest BCUT2D eigenvalue weighted by Gasteiger charge is -2.25. The van der Waals surface area contributed by atoms with Crippen molar-refractivity contribution in [2.45, 2.75) is 6.92 Å². The number of likely N-dealkylation sites (N-methyl/N-ethyl adjacent to an activating group) is 1. The van der Waals surface area contributed by atoms with Crippen molar-refractivity contribution >= 4 is 17.3 Å². The Morgan fingerprint density at radius 1 is 1.50 bits per heavy atom. The summed E-state index contributed by atoms with van der Waals surface area (Å²) in [7, 11) is 3.28. The van der Waals surface area contributed by atoms with Gasteiger partial charge in [-0.3, -0.25) is 4.79 Å². The lowest BCUT2D eigenvalue weighted by atomic mass is 10.1. The minimum absolute atomic E-state index is 0.110. The van der Waals surface area contributed by atoms with Gasteiger partial charge in [-0.2, -0.15) is 0 Å². The fourth-order valence-electron chi connectivity index (χ4n) is 1.79. The molecule has 1 amide bonds. The van der Waals surface area contributed by atoms with Crippen LogP contribution in [-0.4, -0.2) is 39.8 Å². The molecule has 18 heavy (non-hydrogen) atoms. The standard InChI is InChI=1S/C13H21N3O2/c1-4-16(7-8-18-3)12-9-10(14)5-6-11(12)13(17)15-2/h5-6,9H,4,7-8,14H2,1-3H3,(H,15,17). The van der Waals surface area contributed by atoms with Gasteiger partial charge in [0.05, 0.1) is 17.9 Å². The van der Waals surface area contributed by atoms with Crippen molar-refractivity contribution < 1.29 is 9.53 Å². The van der Waals surface area contributed by atoms with Crippen LogP contribution in [0.25, 0.3) is 0 Å². The van der Waals surface area contributed by atoms with Gasteiger partial charge in [-0.05, 0) is 25.1 Å². The second kappa shape index (κ2) is 6.86.